The maximum absolute atomic E-state index is 13.1. The Morgan fingerprint density at radius 1 is 1.56 bits per heavy atom. The molecule has 0 heterocycles. The van der Waals surface area contributed by atoms with E-state index in [0.29, 0.717) is 18.5 Å². The molecule has 98 valence electrons. The molecule has 4 nitrogen and oxygen atoms in total. The van der Waals surface area contributed by atoms with Crippen LogP contribution in [0.1, 0.15) is 18.9 Å². The number of halogens is 1. The van der Waals surface area contributed by atoms with E-state index >= 15 is 0 Å². The van der Waals surface area contributed by atoms with Crippen molar-refractivity contribution in [3.05, 3.63) is 29.6 Å². The molecule has 5 heteroatoms. The summed E-state index contributed by atoms with van der Waals surface area (Å²) in [5, 5.41) is 15.5. The van der Waals surface area contributed by atoms with Gasteiger partial charge in [-0.2, -0.15) is 0 Å². The van der Waals surface area contributed by atoms with Gasteiger partial charge < -0.3 is 15.7 Å². The Morgan fingerprint density at radius 2 is 2.28 bits per heavy atom. The fourth-order valence-electron chi connectivity index (χ4n) is 1.74. The van der Waals surface area contributed by atoms with Crippen LogP contribution in [0.15, 0.2) is 23.2 Å². The van der Waals surface area contributed by atoms with Crippen molar-refractivity contribution in [2.24, 2.45) is 10.9 Å². The van der Waals surface area contributed by atoms with Crippen molar-refractivity contribution in [1.29, 1.82) is 0 Å². The Morgan fingerprint density at radius 3 is 2.83 bits per heavy atom. The van der Waals surface area contributed by atoms with E-state index in [1.807, 2.05) is 0 Å². The minimum absolute atomic E-state index is 0.326. The van der Waals surface area contributed by atoms with Crippen LogP contribution in [0.2, 0.25) is 0 Å². The summed E-state index contributed by atoms with van der Waals surface area (Å²) in [5.41, 5.74) is 0.761. The molecule has 2 atom stereocenters. The van der Waals surface area contributed by atoms with Crippen LogP contribution in [0, 0.1) is 11.7 Å². The third-order valence-corrected chi connectivity index (χ3v) is 3.13. The Hall–Kier alpha value is -1.78. The Labute approximate surface area is 106 Å². The molecule has 1 aliphatic carbocycles. The highest BCUT2D eigenvalue weighted by molar-refractivity contribution is 5.80. The maximum atomic E-state index is 13.1. The predicted octanol–water partition coefficient (Wildman–Crippen LogP) is 1.60. The first-order valence-electron chi connectivity index (χ1n) is 6.04. The fourth-order valence-corrected chi connectivity index (χ4v) is 1.74. The molecule has 1 aromatic rings. The van der Waals surface area contributed by atoms with Gasteiger partial charge in [-0.3, -0.25) is 4.99 Å². The Balaban J connectivity index is 1.87. The second kappa shape index (κ2) is 5.25. The SMILES string of the molecule is CN=C(NCc1ccc(O)c(F)c1)NC1CC1C. The lowest BCUT2D eigenvalue weighted by Gasteiger charge is -2.11. The van der Waals surface area contributed by atoms with E-state index in [2.05, 4.69) is 22.5 Å². The van der Waals surface area contributed by atoms with Crippen LogP contribution in [0.4, 0.5) is 4.39 Å². The van der Waals surface area contributed by atoms with Crippen LogP contribution in [0.25, 0.3) is 0 Å². The van der Waals surface area contributed by atoms with E-state index in [-0.39, 0.29) is 5.75 Å². The molecule has 0 saturated heterocycles. The van der Waals surface area contributed by atoms with Crippen LogP contribution in [0.3, 0.4) is 0 Å². The molecule has 18 heavy (non-hydrogen) atoms. The van der Waals surface area contributed by atoms with Crippen molar-refractivity contribution >= 4 is 5.96 Å². The van der Waals surface area contributed by atoms with E-state index in [4.69, 9.17) is 5.11 Å². The molecule has 0 aromatic heterocycles. The first kappa shape index (κ1) is 12.7. The van der Waals surface area contributed by atoms with Crippen molar-refractivity contribution in [3.63, 3.8) is 0 Å². The summed E-state index contributed by atoms with van der Waals surface area (Å²) in [7, 11) is 1.71. The summed E-state index contributed by atoms with van der Waals surface area (Å²) < 4.78 is 13.1. The number of benzene rings is 1. The molecule has 0 spiro atoms. The van der Waals surface area contributed by atoms with Crippen molar-refractivity contribution < 1.29 is 9.50 Å². The van der Waals surface area contributed by atoms with Gasteiger partial charge in [0.05, 0.1) is 0 Å². The molecule has 1 saturated carbocycles. The molecule has 2 unspecified atom stereocenters. The van der Waals surface area contributed by atoms with E-state index in [0.717, 1.165) is 17.9 Å². The normalized spacial score (nSPS) is 22.7. The first-order chi connectivity index (χ1) is 8.60. The average Bonchev–Trinajstić information content (AvgIpc) is 3.04. The summed E-state index contributed by atoms with van der Waals surface area (Å²) >= 11 is 0. The number of hydrogen-bond donors (Lipinski definition) is 3. The number of nitrogens with one attached hydrogen (secondary N) is 2. The highest BCUT2D eigenvalue weighted by Crippen LogP contribution is 2.28. The maximum Gasteiger partial charge on any atom is 0.191 e. The van der Waals surface area contributed by atoms with Gasteiger partial charge in [0.15, 0.2) is 17.5 Å². The van der Waals surface area contributed by atoms with Gasteiger partial charge in [0.1, 0.15) is 0 Å². The molecule has 0 bridgehead atoms. The lowest BCUT2D eigenvalue weighted by molar-refractivity contribution is 0.431. The van der Waals surface area contributed by atoms with Gasteiger partial charge in [0, 0.05) is 19.6 Å². The largest absolute Gasteiger partial charge is 0.505 e. The Bertz CT molecular complexity index is 462. The molecular weight excluding hydrogens is 233 g/mol. The summed E-state index contributed by atoms with van der Waals surface area (Å²) in [4.78, 5) is 4.11. The molecule has 3 N–H and O–H groups in total. The molecule has 2 rings (SSSR count). The van der Waals surface area contributed by atoms with Gasteiger partial charge in [-0.1, -0.05) is 13.0 Å². The number of guanidine groups is 1. The highest BCUT2D eigenvalue weighted by Gasteiger charge is 2.33. The monoisotopic (exact) mass is 251 g/mol. The zero-order valence-corrected chi connectivity index (χ0v) is 10.6. The standard InChI is InChI=1S/C13H18FN3O/c1-8-5-11(8)17-13(15-2)16-7-9-3-4-12(18)10(14)6-9/h3-4,6,8,11,18H,5,7H2,1-2H3,(H2,15,16,17). The van der Waals surface area contributed by atoms with Crippen LogP contribution in [-0.4, -0.2) is 24.2 Å². The van der Waals surface area contributed by atoms with Crippen molar-refractivity contribution in [1.82, 2.24) is 10.6 Å². The summed E-state index contributed by atoms with van der Waals surface area (Å²) in [6.45, 7) is 2.65. The van der Waals surface area contributed by atoms with Crippen LogP contribution < -0.4 is 10.6 Å². The number of hydrogen-bond acceptors (Lipinski definition) is 2. The summed E-state index contributed by atoms with van der Waals surface area (Å²) in [5.74, 6) is 0.480. The van der Waals surface area contributed by atoms with Gasteiger partial charge >= 0.3 is 0 Å². The third kappa shape index (κ3) is 3.12. The van der Waals surface area contributed by atoms with E-state index in [1.165, 1.54) is 12.1 Å². The average molecular weight is 251 g/mol. The fraction of sp³-hybridized carbons (Fsp3) is 0.462. The van der Waals surface area contributed by atoms with E-state index < -0.39 is 5.82 Å². The minimum Gasteiger partial charge on any atom is -0.505 e. The molecule has 0 radical (unpaired) electrons. The third-order valence-electron chi connectivity index (χ3n) is 3.13. The van der Waals surface area contributed by atoms with E-state index in [9.17, 15) is 4.39 Å². The second-order valence-electron chi connectivity index (χ2n) is 4.68. The molecule has 1 aliphatic rings. The highest BCUT2D eigenvalue weighted by atomic mass is 19.1. The molecule has 1 aromatic carbocycles. The lowest BCUT2D eigenvalue weighted by atomic mass is 10.2. The van der Waals surface area contributed by atoms with Crippen LogP contribution in [-0.2, 0) is 6.54 Å². The quantitative estimate of drug-likeness (QED) is 0.565. The van der Waals surface area contributed by atoms with Gasteiger partial charge in [-0.15, -0.1) is 0 Å². The predicted molar refractivity (Wildman–Crippen MR) is 69.0 cm³/mol. The number of nitrogens with zero attached hydrogens (tertiary/aromatic N) is 1. The molecule has 0 aliphatic heterocycles. The zero-order valence-electron chi connectivity index (χ0n) is 10.6. The molecule has 0 amide bonds. The molecular formula is C13H18FN3O. The number of aliphatic imine (C=N–C) groups is 1. The Kier molecular flexibility index (Phi) is 3.69. The summed E-state index contributed by atoms with van der Waals surface area (Å²) in [6.07, 6.45) is 1.16. The number of rotatable bonds is 3. The van der Waals surface area contributed by atoms with Crippen molar-refractivity contribution in [2.75, 3.05) is 7.05 Å². The van der Waals surface area contributed by atoms with Gasteiger partial charge in [-0.25, -0.2) is 4.39 Å². The van der Waals surface area contributed by atoms with Crippen molar-refractivity contribution in [2.45, 2.75) is 25.9 Å². The summed E-state index contributed by atoms with van der Waals surface area (Å²) in [6, 6.07) is 4.84. The lowest BCUT2D eigenvalue weighted by Crippen LogP contribution is -2.38. The van der Waals surface area contributed by atoms with Crippen LogP contribution in [0.5, 0.6) is 5.75 Å². The smallest absolute Gasteiger partial charge is 0.191 e. The van der Waals surface area contributed by atoms with Crippen LogP contribution >= 0.6 is 0 Å². The van der Waals surface area contributed by atoms with Gasteiger partial charge in [-0.05, 0) is 30.0 Å². The van der Waals surface area contributed by atoms with Crippen molar-refractivity contribution in [3.8, 4) is 5.75 Å². The zero-order chi connectivity index (χ0) is 13.1. The van der Waals surface area contributed by atoms with Gasteiger partial charge in [0.25, 0.3) is 0 Å². The second-order valence-corrected chi connectivity index (χ2v) is 4.68. The first-order valence-corrected chi connectivity index (χ1v) is 6.04. The number of phenolic OH excluding ortho intramolecular Hbond substituents is 1. The number of aromatic hydroxyl groups is 1. The number of phenols is 1. The van der Waals surface area contributed by atoms with E-state index in [1.54, 1.807) is 13.1 Å². The topological polar surface area (TPSA) is 56.7 Å². The molecule has 1 fully saturated rings. The van der Waals surface area contributed by atoms with Gasteiger partial charge in [0.2, 0.25) is 0 Å². The minimum atomic E-state index is -0.604.